The van der Waals surface area contributed by atoms with Gasteiger partial charge in [0.2, 0.25) is 5.91 Å². The van der Waals surface area contributed by atoms with Gasteiger partial charge in [-0.15, -0.1) is 0 Å². The molecule has 0 radical (unpaired) electrons. The molecule has 1 aromatic carbocycles. The number of imidazole rings is 1. The smallest absolute Gasteiger partial charge is 0.329 e. The Morgan fingerprint density at radius 1 is 1.27 bits per heavy atom. The van der Waals surface area contributed by atoms with Crippen LogP contribution >= 0.6 is 0 Å². The van der Waals surface area contributed by atoms with Crippen molar-refractivity contribution in [3.8, 4) is 0 Å². The Morgan fingerprint density at radius 2 is 1.95 bits per heavy atom. The van der Waals surface area contributed by atoms with Crippen molar-refractivity contribution < 1.29 is 9.53 Å². The highest BCUT2D eigenvalue weighted by molar-refractivity contribution is 5.81. The van der Waals surface area contributed by atoms with Crippen molar-refractivity contribution in [2.75, 3.05) is 19.7 Å². The minimum Gasteiger partial charge on any atom is -0.375 e. The van der Waals surface area contributed by atoms with Crippen LogP contribution in [0.4, 0.5) is 0 Å². The number of aryl methyl sites for hydroxylation is 1. The Bertz CT molecular complexity index is 747. The molecule has 6 heteroatoms. The van der Waals surface area contributed by atoms with Crippen LogP contribution in [0.1, 0.15) is 13.8 Å². The summed E-state index contributed by atoms with van der Waals surface area (Å²) in [5.74, 6) is -0.0312. The first-order valence-corrected chi connectivity index (χ1v) is 7.69. The standard InChI is InChI=1S/C16H21N3O3/c1-3-18-13-6-4-5-7-14(13)19(16(18)21)11-15(20)17-8-9-22-12(2)10-17/h4-7,12H,3,8-11H2,1-2H3. The second-order valence-corrected chi connectivity index (χ2v) is 5.62. The molecule has 2 aromatic rings. The molecule has 1 fully saturated rings. The van der Waals surface area contributed by atoms with E-state index in [0.29, 0.717) is 26.2 Å². The van der Waals surface area contributed by atoms with E-state index in [2.05, 4.69) is 0 Å². The minimum atomic E-state index is -0.127. The van der Waals surface area contributed by atoms with Gasteiger partial charge in [-0.1, -0.05) is 12.1 Å². The van der Waals surface area contributed by atoms with Gasteiger partial charge in [-0.25, -0.2) is 4.79 Å². The number of carbonyl (C=O) groups is 1. The van der Waals surface area contributed by atoms with Crippen molar-refractivity contribution in [2.24, 2.45) is 0 Å². The summed E-state index contributed by atoms with van der Waals surface area (Å²) in [7, 11) is 0. The molecule has 3 rings (SSSR count). The van der Waals surface area contributed by atoms with Gasteiger partial charge in [0.05, 0.1) is 23.7 Å². The van der Waals surface area contributed by atoms with Crippen LogP contribution in [0.5, 0.6) is 0 Å². The number of carbonyl (C=O) groups excluding carboxylic acids is 1. The summed E-state index contributed by atoms with van der Waals surface area (Å²) < 4.78 is 8.73. The van der Waals surface area contributed by atoms with E-state index < -0.39 is 0 Å². The van der Waals surface area contributed by atoms with E-state index in [9.17, 15) is 9.59 Å². The van der Waals surface area contributed by atoms with Gasteiger partial charge in [-0.2, -0.15) is 0 Å². The second kappa shape index (κ2) is 5.96. The van der Waals surface area contributed by atoms with E-state index in [1.165, 1.54) is 0 Å². The molecule has 1 aliphatic rings. The highest BCUT2D eigenvalue weighted by Crippen LogP contribution is 2.13. The third kappa shape index (κ3) is 2.54. The van der Waals surface area contributed by atoms with E-state index in [0.717, 1.165) is 11.0 Å². The van der Waals surface area contributed by atoms with Crippen molar-refractivity contribution in [3.05, 3.63) is 34.7 Å². The van der Waals surface area contributed by atoms with Crippen molar-refractivity contribution in [2.45, 2.75) is 33.0 Å². The second-order valence-electron chi connectivity index (χ2n) is 5.62. The summed E-state index contributed by atoms with van der Waals surface area (Å²) in [6.45, 7) is 6.29. The Labute approximate surface area is 128 Å². The summed E-state index contributed by atoms with van der Waals surface area (Å²) >= 11 is 0. The van der Waals surface area contributed by atoms with Crippen LogP contribution in [0.15, 0.2) is 29.1 Å². The number of nitrogens with zero attached hydrogens (tertiary/aromatic N) is 3. The average molecular weight is 303 g/mol. The predicted molar refractivity (Wildman–Crippen MR) is 83.9 cm³/mol. The molecule has 0 spiro atoms. The number of morpholine rings is 1. The molecule has 6 nitrogen and oxygen atoms in total. The van der Waals surface area contributed by atoms with Crippen LogP contribution in [0.3, 0.4) is 0 Å². The first-order chi connectivity index (χ1) is 10.6. The number of rotatable bonds is 3. The predicted octanol–water partition coefficient (Wildman–Crippen LogP) is 1.07. The van der Waals surface area contributed by atoms with Gasteiger partial charge in [0.25, 0.3) is 0 Å². The maximum absolute atomic E-state index is 12.5. The van der Waals surface area contributed by atoms with E-state index in [1.54, 1.807) is 14.0 Å². The molecule has 0 saturated carbocycles. The van der Waals surface area contributed by atoms with Crippen molar-refractivity contribution in [1.82, 2.24) is 14.0 Å². The van der Waals surface area contributed by atoms with Crippen molar-refractivity contribution in [3.63, 3.8) is 0 Å². The summed E-state index contributed by atoms with van der Waals surface area (Å²) in [6, 6.07) is 7.60. The maximum atomic E-state index is 12.5. The summed E-state index contributed by atoms with van der Waals surface area (Å²) in [4.78, 5) is 26.8. The minimum absolute atomic E-state index is 0.0312. The third-order valence-corrected chi connectivity index (χ3v) is 4.13. The molecular weight excluding hydrogens is 282 g/mol. The lowest BCUT2D eigenvalue weighted by atomic mass is 10.3. The zero-order valence-corrected chi connectivity index (χ0v) is 13.0. The van der Waals surface area contributed by atoms with Crippen molar-refractivity contribution in [1.29, 1.82) is 0 Å². The Hall–Kier alpha value is -2.08. The molecule has 1 aliphatic heterocycles. The molecule has 0 N–H and O–H groups in total. The van der Waals surface area contributed by atoms with Crippen molar-refractivity contribution >= 4 is 16.9 Å². The zero-order chi connectivity index (χ0) is 15.7. The van der Waals surface area contributed by atoms with E-state index in [4.69, 9.17) is 4.74 Å². The highest BCUT2D eigenvalue weighted by Gasteiger charge is 2.23. The number of ether oxygens (including phenoxy) is 1. The number of aromatic nitrogens is 2. The molecule has 1 amide bonds. The molecule has 22 heavy (non-hydrogen) atoms. The lowest BCUT2D eigenvalue weighted by Crippen LogP contribution is -2.46. The fourth-order valence-corrected chi connectivity index (χ4v) is 3.01. The number of amides is 1. The normalized spacial score (nSPS) is 18.8. The van der Waals surface area contributed by atoms with Gasteiger partial charge in [-0.3, -0.25) is 13.9 Å². The molecular formula is C16H21N3O3. The first-order valence-electron chi connectivity index (χ1n) is 7.69. The molecule has 1 unspecified atom stereocenters. The van der Waals surface area contributed by atoms with Gasteiger partial charge in [0.15, 0.2) is 0 Å². The van der Waals surface area contributed by atoms with Crippen LogP contribution in [0.25, 0.3) is 11.0 Å². The Balaban J connectivity index is 1.92. The monoisotopic (exact) mass is 303 g/mol. The van der Waals surface area contributed by atoms with Crippen LogP contribution in [0.2, 0.25) is 0 Å². The molecule has 0 bridgehead atoms. The zero-order valence-electron chi connectivity index (χ0n) is 13.0. The first kappa shape index (κ1) is 14.8. The lowest BCUT2D eigenvalue weighted by molar-refractivity contribution is -0.138. The van der Waals surface area contributed by atoms with Crippen LogP contribution in [-0.2, 0) is 22.6 Å². The molecule has 2 heterocycles. The Kier molecular flexibility index (Phi) is 4.02. The van der Waals surface area contributed by atoms with Gasteiger partial charge < -0.3 is 9.64 Å². The number of hydrogen-bond donors (Lipinski definition) is 0. The van der Waals surface area contributed by atoms with E-state index in [-0.39, 0.29) is 24.2 Å². The summed E-state index contributed by atoms with van der Waals surface area (Å²) in [6.07, 6.45) is 0.0476. The van der Waals surface area contributed by atoms with Crippen LogP contribution in [0, 0.1) is 0 Å². The highest BCUT2D eigenvalue weighted by atomic mass is 16.5. The number of para-hydroxylation sites is 2. The van der Waals surface area contributed by atoms with E-state index in [1.807, 2.05) is 38.1 Å². The van der Waals surface area contributed by atoms with Gasteiger partial charge in [-0.05, 0) is 26.0 Å². The largest absolute Gasteiger partial charge is 0.375 e. The fraction of sp³-hybridized carbons (Fsp3) is 0.500. The molecule has 1 aromatic heterocycles. The Morgan fingerprint density at radius 3 is 2.59 bits per heavy atom. The topological polar surface area (TPSA) is 56.5 Å². The lowest BCUT2D eigenvalue weighted by Gasteiger charge is -2.31. The maximum Gasteiger partial charge on any atom is 0.329 e. The quantitative estimate of drug-likeness (QED) is 0.852. The summed E-state index contributed by atoms with van der Waals surface area (Å²) in [5, 5.41) is 0. The van der Waals surface area contributed by atoms with Gasteiger partial charge in [0, 0.05) is 19.6 Å². The summed E-state index contributed by atoms with van der Waals surface area (Å²) in [5.41, 5.74) is 1.56. The van der Waals surface area contributed by atoms with E-state index >= 15 is 0 Å². The number of benzene rings is 1. The number of hydrogen-bond acceptors (Lipinski definition) is 3. The van der Waals surface area contributed by atoms with Gasteiger partial charge >= 0.3 is 5.69 Å². The van der Waals surface area contributed by atoms with Crippen LogP contribution in [-0.4, -0.2) is 45.7 Å². The molecule has 1 saturated heterocycles. The van der Waals surface area contributed by atoms with Gasteiger partial charge in [0.1, 0.15) is 6.54 Å². The van der Waals surface area contributed by atoms with Crippen LogP contribution < -0.4 is 5.69 Å². The molecule has 118 valence electrons. The average Bonchev–Trinajstić information content (AvgIpc) is 2.79. The molecule has 1 atom stereocenters. The number of fused-ring (bicyclic) bond motifs is 1. The SMILES string of the molecule is CCn1c(=O)n(CC(=O)N2CCOC(C)C2)c2ccccc21. The molecule has 0 aliphatic carbocycles. The fourth-order valence-electron chi connectivity index (χ4n) is 3.01. The third-order valence-electron chi connectivity index (χ3n) is 4.13.